The second-order valence-electron chi connectivity index (χ2n) is 9.56. The third-order valence-corrected chi connectivity index (χ3v) is 6.66. The molecule has 6 rings (SSSR count). The summed E-state index contributed by atoms with van der Waals surface area (Å²) >= 11 is 0. The number of aromatic amines is 1. The molecule has 0 radical (unpaired) electrons. The Morgan fingerprint density at radius 2 is 2.03 bits per heavy atom. The summed E-state index contributed by atoms with van der Waals surface area (Å²) in [4.78, 5) is 7.01. The van der Waals surface area contributed by atoms with Gasteiger partial charge in [0.15, 0.2) is 11.6 Å². The van der Waals surface area contributed by atoms with Crippen LogP contribution in [0, 0.1) is 5.82 Å². The normalized spacial score (nSPS) is 23.7. The molecule has 3 heterocycles. The Labute approximate surface area is 174 Å². The van der Waals surface area contributed by atoms with Gasteiger partial charge >= 0.3 is 0 Å². The Morgan fingerprint density at radius 1 is 1.20 bits per heavy atom. The SMILES string of the molecule is C[C@H]1CN(c2cc(-c3n[nH]c4cc(F)c(OC5(C)CC5)cc34)ccn2)CC2(CC2)N1. The van der Waals surface area contributed by atoms with E-state index < -0.39 is 0 Å². The quantitative estimate of drug-likeness (QED) is 0.684. The number of rotatable bonds is 4. The van der Waals surface area contributed by atoms with Gasteiger partial charge in [-0.05, 0) is 57.7 Å². The van der Waals surface area contributed by atoms with Gasteiger partial charge in [0.2, 0.25) is 0 Å². The average molecular weight is 407 g/mol. The fourth-order valence-electron chi connectivity index (χ4n) is 4.60. The summed E-state index contributed by atoms with van der Waals surface area (Å²) < 4.78 is 20.4. The maximum atomic E-state index is 14.5. The number of nitrogens with one attached hydrogen (secondary N) is 2. The zero-order valence-electron chi connectivity index (χ0n) is 17.3. The van der Waals surface area contributed by atoms with E-state index >= 15 is 0 Å². The topological polar surface area (TPSA) is 66.1 Å². The van der Waals surface area contributed by atoms with Crippen LogP contribution in [0.15, 0.2) is 30.5 Å². The van der Waals surface area contributed by atoms with Gasteiger partial charge in [0.05, 0.1) is 5.52 Å². The number of hydrogen-bond acceptors (Lipinski definition) is 5. The first-order valence-electron chi connectivity index (χ1n) is 10.8. The van der Waals surface area contributed by atoms with Crippen molar-refractivity contribution in [2.24, 2.45) is 0 Å². The molecule has 1 spiro atoms. The van der Waals surface area contributed by atoms with E-state index in [-0.39, 0.29) is 17.0 Å². The summed E-state index contributed by atoms with van der Waals surface area (Å²) in [5, 5.41) is 12.1. The van der Waals surface area contributed by atoms with Crippen LogP contribution in [0.5, 0.6) is 5.75 Å². The smallest absolute Gasteiger partial charge is 0.167 e. The van der Waals surface area contributed by atoms with Crippen molar-refractivity contribution in [2.75, 3.05) is 18.0 Å². The standard InChI is InChI=1S/C23H26FN5O/c1-14-12-29(13-23(26-14)6-7-23)20-9-15(3-8-25-20)21-16-10-19(30-22(2)4-5-22)17(24)11-18(16)27-28-21/h3,8-11,14,26H,4-7,12-13H2,1-2H3,(H,27,28)/t14-/m0/s1. The van der Waals surface area contributed by atoms with E-state index in [4.69, 9.17) is 4.74 Å². The molecule has 2 N–H and O–H groups in total. The lowest BCUT2D eigenvalue weighted by atomic mass is 10.1. The Hall–Kier alpha value is -2.67. The number of hydrogen-bond donors (Lipinski definition) is 2. The number of aromatic nitrogens is 3. The first-order chi connectivity index (χ1) is 14.4. The van der Waals surface area contributed by atoms with E-state index in [1.807, 2.05) is 19.2 Å². The highest BCUT2D eigenvalue weighted by molar-refractivity contribution is 5.94. The first kappa shape index (κ1) is 18.1. The van der Waals surface area contributed by atoms with Crippen LogP contribution in [0.25, 0.3) is 22.2 Å². The molecule has 30 heavy (non-hydrogen) atoms. The summed E-state index contributed by atoms with van der Waals surface area (Å²) in [5.41, 5.74) is 2.46. The van der Waals surface area contributed by atoms with Crippen LogP contribution < -0.4 is 15.0 Å². The minimum absolute atomic E-state index is 0.236. The van der Waals surface area contributed by atoms with E-state index in [1.165, 1.54) is 18.9 Å². The van der Waals surface area contributed by atoms with Crippen LogP contribution in [-0.2, 0) is 0 Å². The number of fused-ring (bicyclic) bond motifs is 1. The van der Waals surface area contributed by atoms with Crippen molar-refractivity contribution < 1.29 is 9.13 Å². The third kappa shape index (κ3) is 3.12. The predicted octanol–water partition coefficient (Wildman–Crippen LogP) is 4.03. The molecule has 0 amide bonds. The second kappa shape index (κ2) is 6.17. The van der Waals surface area contributed by atoms with Gasteiger partial charge in [0.1, 0.15) is 17.1 Å². The highest BCUT2D eigenvalue weighted by Gasteiger charge is 2.47. The zero-order valence-corrected chi connectivity index (χ0v) is 17.3. The number of nitrogens with zero attached hydrogens (tertiary/aromatic N) is 3. The monoisotopic (exact) mass is 407 g/mol. The minimum Gasteiger partial charge on any atom is -0.484 e. The number of pyridine rings is 1. The van der Waals surface area contributed by atoms with Gasteiger partial charge in [-0.25, -0.2) is 9.37 Å². The lowest BCUT2D eigenvalue weighted by Crippen LogP contribution is -2.57. The predicted molar refractivity (Wildman–Crippen MR) is 114 cm³/mol. The molecule has 3 aromatic rings. The van der Waals surface area contributed by atoms with Crippen LogP contribution in [0.2, 0.25) is 0 Å². The molecule has 2 saturated carbocycles. The number of ether oxygens (including phenoxy) is 1. The van der Waals surface area contributed by atoms with Crippen molar-refractivity contribution in [1.29, 1.82) is 0 Å². The molecule has 0 bridgehead atoms. The summed E-state index contributed by atoms with van der Waals surface area (Å²) in [6, 6.07) is 7.74. The van der Waals surface area contributed by atoms with Crippen molar-refractivity contribution in [3.8, 4) is 17.0 Å². The minimum atomic E-state index is -0.356. The van der Waals surface area contributed by atoms with Crippen molar-refractivity contribution in [3.05, 3.63) is 36.3 Å². The van der Waals surface area contributed by atoms with Crippen LogP contribution in [0.4, 0.5) is 10.2 Å². The third-order valence-electron chi connectivity index (χ3n) is 6.66. The zero-order chi connectivity index (χ0) is 20.5. The molecule has 1 atom stereocenters. The van der Waals surface area contributed by atoms with E-state index in [0.29, 0.717) is 17.3 Å². The molecule has 0 unspecified atom stereocenters. The van der Waals surface area contributed by atoms with Gasteiger partial charge in [-0.15, -0.1) is 0 Å². The number of anilines is 1. The lowest BCUT2D eigenvalue weighted by molar-refractivity contribution is 0.191. The Kier molecular flexibility index (Phi) is 3.73. The number of H-pyrrole nitrogens is 1. The molecule has 3 aliphatic rings. The molecular weight excluding hydrogens is 381 g/mol. The van der Waals surface area contributed by atoms with Gasteiger partial charge in [-0.2, -0.15) is 5.10 Å². The second-order valence-corrected chi connectivity index (χ2v) is 9.56. The largest absolute Gasteiger partial charge is 0.484 e. The average Bonchev–Trinajstić information content (AvgIpc) is 3.60. The van der Waals surface area contributed by atoms with E-state index in [1.54, 1.807) is 6.07 Å². The molecule has 1 aliphatic heterocycles. The molecule has 7 heteroatoms. The number of halogens is 1. The number of piperazine rings is 1. The fourth-order valence-corrected chi connectivity index (χ4v) is 4.60. The summed E-state index contributed by atoms with van der Waals surface area (Å²) in [7, 11) is 0. The summed E-state index contributed by atoms with van der Waals surface area (Å²) in [5.74, 6) is 0.907. The van der Waals surface area contributed by atoms with Gasteiger partial charge in [-0.3, -0.25) is 5.10 Å². The van der Waals surface area contributed by atoms with Gasteiger partial charge < -0.3 is 15.0 Å². The van der Waals surface area contributed by atoms with Crippen molar-refractivity contribution in [2.45, 2.75) is 56.7 Å². The van der Waals surface area contributed by atoms with E-state index in [2.05, 4.69) is 38.4 Å². The van der Waals surface area contributed by atoms with Gasteiger partial charge in [0, 0.05) is 47.9 Å². The molecule has 6 nitrogen and oxygen atoms in total. The molecule has 2 aliphatic carbocycles. The highest BCUT2D eigenvalue weighted by Crippen LogP contribution is 2.42. The first-order valence-corrected chi connectivity index (χ1v) is 10.8. The molecule has 1 saturated heterocycles. The summed E-state index contributed by atoms with van der Waals surface area (Å²) in [6.07, 6.45) is 6.21. The fraction of sp³-hybridized carbons (Fsp3) is 0.478. The lowest BCUT2D eigenvalue weighted by Gasteiger charge is -2.39. The highest BCUT2D eigenvalue weighted by atomic mass is 19.1. The van der Waals surface area contributed by atoms with Crippen molar-refractivity contribution in [1.82, 2.24) is 20.5 Å². The van der Waals surface area contributed by atoms with E-state index in [0.717, 1.165) is 48.4 Å². The molecule has 3 fully saturated rings. The van der Waals surface area contributed by atoms with Gasteiger partial charge in [0.25, 0.3) is 0 Å². The molecular formula is C23H26FN5O. The molecule has 1 aromatic carbocycles. The Bertz CT molecular complexity index is 1130. The van der Waals surface area contributed by atoms with Crippen LogP contribution in [-0.4, -0.2) is 45.5 Å². The maximum Gasteiger partial charge on any atom is 0.167 e. The van der Waals surface area contributed by atoms with Crippen LogP contribution >= 0.6 is 0 Å². The van der Waals surface area contributed by atoms with Crippen LogP contribution in [0.3, 0.4) is 0 Å². The van der Waals surface area contributed by atoms with Crippen molar-refractivity contribution >= 4 is 16.7 Å². The Balaban J connectivity index is 1.36. The molecule has 2 aromatic heterocycles. The van der Waals surface area contributed by atoms with E-state index in [9.17, 15) is 4.39 Å². The van der Waals surface area contributed by atoms with Crippen molar-refractivity contribution in [3.63, 3.8) is 0 Å². The summed E-state index contributed by atoms with van der Waals surface area (Å²) in [6.45, 7) is 6.16. The van der Waals surface area contributed by atoms with Crippen LogP contribution in [0.1, 0.15) is 39.5 Å². The number of benzene rings is 1. The molecule has 156 valence electrons. The maximum absolute atomic E-state index is 14.5. The Morgan fingerprint density at radius 3 is 2.80 bits per heavy atom. The van der Waals surface area contributed by atoms with Gasteiger partial charge in [-0.1, -0.05) is 0 Å².